The highest BCUT2D eigenvalue weighted by Gasteiger charge is 2.28. The van der Waals surface area contributed by atoms with Gasteiger partial charge in [0.15, 0.2) is 0 Å². The lowest BCUT2D eigenvalue weighted by molar-refractivity contribution is 0.612. The van der Waals surface area contributed by atoms with Crippen molar-refractivity contribution in [1.82, 2.24) is 24.5 Å². The van der Waals surface area contributed by atoms with Crippen LogP contribution in [0.1, 0.15) is 17.2 Å². The molecule has 1 atom stereocenters. The molecule has 1 aliphatic rings. The number of fused-ring (bicyclic) bond motifs is 1. The highest BCUT2D eigenvalue weighted by atomic mass is 35.5. The number of hydrogen-bond donors (Lipinski definition) is 1. The van der Waals surface area contributed by atoms with Gasteiger partial charge in [0.1, 0.15) is 12.4 Å². The van der Waals surface area contributed by atoms with E-state index in [-0.39, 0.29) is 6.04 Å². The fraction of sp³-hybridized carbons (Fsp3) is 0.0385. The number of anilines is 1. The van der Waals surface area contributed by atoms with Crippen LogP contribution in [0, 0.1) is 0 Å². The molecule has 0 saturated heterocycles. The van der Waals surface area contributed by atoms with Crippen molar-refractivity contribution in [3.63, 3.8) is 0 Å². The molecule has 33 heavy (non-hydrogen) atoms. The summed E-state index contributed by atoms with van der Waals surface area (Å²) in [5.74, 6) is 0.691. The quantitative estimate of drug-likeness (QED) is 0.373. The number of rotatable bonds is 4. The Labute approximate surface area is 195 Å². The first-order valence-corrected chi connectivity index (χ1v) is 11.0. The second-order valence-electron chi connectivity index (χ2n) is 7.76. The minimum Gasteiger partial charge on any atom is -0.324 e. The van der Waals surface area contributed by atoms with Crippen LogP contribution in [-0.4, -0.2) is 24.5 Å². The van der Waals surface area contributed by atoms with Crippen molar-refractivity contribution in [3.05, 3.63) is 120 Å². The third-order valence-corrected chi connectivity index (χ3v) is 5.94. The van der Waals surface area contributed by atoms with E-state index in [1.165, 1.54) is 0 Å². The van der Waals surface area contributed by atoms with Gasteiger partial charge in [-0.15, -0.1) is 0 Å². The Bertz CT molecular complexity index is 1440. The maximum atomic E-state index is 6.16. The lowest BCUT2D eigenvalue weighted by Crippen LogP contribution is -2.20. The lowest BCUT2D eigenvalue weighted by Gasteiger charge is -2.24. The van der Waals surface area contributed by atoms with Crippen LogP contribution in [0.5, 0.6) is 0 Å². The van der Waals surface area contributed by atoms with Crippen LogP contribution in [0.15, 0.2) is 104 Å². The van der Waals surface area contributed by atoms with E-state index in [2.05, 4.69) is 39.8 Å². The minimum atomic E-state index is -0.193. The van der Waals surface area contributed by atoms with Gasteiger partial charge >= 0.3 is 0 Å². The summed E-state index contributed by atoms with van der Waals surface area (Å²) < 4.78 is 3.80. The normalized spacial score (nSPS) is 14.9. The van der Waals surface area contributed by atoms with Crippen molar-refractivity contribution in [2.24, 2.45) is 0 Å². The first-order valence-electron chi connectivity index (χ1n) is 10.6. The molecule has 6 nitrogen and oxygen atoms in total. The Morgan fingerprint density at radius 2 is 1.55 bits per heavy atom. The molecule has 0 unspecified atom stereocenters. The Hall–Kier alpha value is -4.16. The monoisotopic (exact) mass is 450 g/mol. The van der Waals surface area contributed by atoms with E-state index in [1.54, 1.807) is 6.33 Å². The maximum Gasteiger partial charge on any atom is 0.226 e. The predicted molar refractivity (Wildman–Crippen MR) is 130 cm³/mol. The molecule has 1 N–H and O–H groups in total. The van der Waals surface area contributed by atoms with Crippen LogP contribution in [0.25, 0.3) is 22.6 Å². The highest BCUT2D eigenvalue weighted by molar-refractivity contribution is 6.30. The van der Waals surface area contributed by atoms with Gasteiger partial charge < -0.3 is 5.32 Å². The first-order chi connectivity index (χ1) is 16.3. The zero-order chi connectivity index (χ0) is 22.2. The Morgan fingerprint density at radius 1 is 0.818 bits per heavy atom. The third-order valence-electron chi connectivity index (χ3n) is 5.69. The van der Waals surface area contributed by atoms with Crippen LogP contribution in [0.4, 0.5) is 5.95 Å². The molecule has 1 aliphatic heterocycles. The molecule has 2 aromatic heterocycles. The Kier molecular flexibility index (Phi) is 4.78. The fourth-order valence-corrected chi connectivity index (χ4v) is 4.22. The SMILES string of the molecule is Clc1ccc(-c2nn(-c3ccccc3)cc2[C@@H]2C=C(c3ccccc3)Nc3ncnn32)cc1. The summed E-state index contributed by atoms with van der Waals surface area (Å²) in [5, 5.41) is 13.6. The van der Waals surface area contributed by atoms with E-state index >= 15 is 0 Å². The van der Waals surface area contributed by atoms with Gasteiger partial charge in [0.05, 0.1) is 11.4 Å². The van der Waals surface area contributed by atoms with E-state index in [1.807, 2.05) is 82.2 Å². The van der Waals surface area contributed by atoms with E-state index in [4.69, 9.17) is 16.7 Å². The molecule has 0 saturated carbocycles. The average Bonchev–Trinajstić information content (AvgIpc) is 3.53. The largest absolute Gasteiger partial charge is 0.324 e. The van der Waals surface area contributed by atoms with Crippen LogP contribution in [0.2, 0.25) is 5.02 Å². The molecule has 0 spiro atoms. The van der Waals surface area contributed by atoms with Crippen LogP contribution in [-0.2, 0) is 0 Å². The summed E-state index contributed by atoms with van der Waals surface area (Å²) in [6, 6.07) is 27.9. The van der Waals surface area contributed by atoms with Crippen molar-refractivity contribution < 1.29 is 0 Å². The molecule has 0 bridgehead atoms. The molecular formula is C26H19ClN6. The molecule has 3 heterocycles. The fourth-order valence-electron chi connectivity index (χ4n) is 4.09. The van der Waals surface area contributed by atoms with Gasteiger partial charge in [-0.1, -0.05) is 72.3 Å². The summed E-state index contributed by atoms with van der Waals surface area (Å²) in [5.41, 5.74) is 5.92. The number of allylic oxidation sites excluding steroid dienone is 1. The number of para-hydroxylation sites is 1. The van der Waals surface area contributed by atoms with Crippen molar-refractivity contribution in [2.45, 2.75) is 6.04 Å². The molecule has 0 aliphatic carbocycles. The zero-order valence-electron chi connectivity index (χ0n) is 17.5. The smallest absolute Gasteiger partial charge is 0.226 e. The third kappa shape index (κ3) is 3.60. The van der Waals surface area contributed by atoms with Gasteiger partial charge in [-0.2, -0.15) is 15.2 Å². The number of aromatic nitrogens is 5. The predicted octanol–water partition coefficient (Wildman–Crippen LogP) is 5.84. The Morgan fingerprint density at radius 3 is 2.30 bits per heavy atom. The Balaban J connectivity index is 1.55. The first kappa shape index (κ1) is 19.5. The molecule has 6 rings (SSSR count). The maximum absolute atomic E-state index is 6.16. The summed E-state index contributed by atoms with van der Waals surface area (Å²) in [7, 11) is 0. The second-order valence-corrected chi connectivity index (χ2v) is 8.20. The lowest BCUT2D eigenvalue weighted by atomic mass is 9.99. The van der Waals surface area contributed by atoms with Crippen molar-refractivity contribution >= 4 is 23.2 Å². The number of halogens is 1. The van der Waals surface area contributed by atoms with Gasteiger partial charge in [-0.25, -0.2) is 9.36 Å². The molecule has 160 valence electrons. The average molecular weight is 451 g/mol. The van der Waals surface area contributed by atoms with Crippen LogP contribution in [0.3, 0.4) is 0 Å². The van der Waals surface area contributed by atoms with E-state index in [0.29, 0.717) is 11.0 Å². The molecule has 5 aromatic rings. The van der Waals surface area contributed by atoms with E-state index in [9.17, 15) is 0 Å². The number of hydrogen-bond acceptors (Lipinski definition) is 4. The number of benzene rings is 3. The van der Waals surface area contributed by atoms with Gasteiger partial charge in [0.2, 0.25) is 5.95 Å². The zero-order valence-corrected chi connectivity index (χ0v) is 18.3. The standard InChI is InChI=1S/C26H19ClN6/c27-20-13-11-19(12-14-20)25-22(16-32(31-25)21-9-5-2-6-10-21)24-15-23(18-7-3-1-4-8-18)30-26-28-17-29-33(24)26/h1-17,24H,(H,28,29,30)/t24-/m0/s1. The topological polar surface area (TPSA) is 60.6 Å². The second kappa shape index (κ2) is 8.07. The molecule has 0 fully saturated rings. The summed E-state index contributed by atoms with van der Waals surface area (Å²) in [6.07, 6.45) is 5.81. The number of nitrogens with zero attached hydrogens (tertiary/aromatic N) is 5. The van der Waals surface area contributed by atoms with E-state index in [0.717, 1.165) is 33.8 Å². The number of nitrogens with one attached hydrogen (secondary N) is 1. The van der Waals surface area contributed by atoms with Crippen LogP contribution < -0.4 is 5.32 Å². The molecular weight excluding hydrogens is 432 g/mol. The van der Waals surface area contributed by atoms with Crippen molar-refractivity contribution in [3.8, 4) is 16.9 Å². The molecule has 0 amide bonds. The summed E-state index contributed by atoms with van der Waals surface area (Å²) in [4.78, 5) is 4.44. The summed E-state index contributed by atoms with van der Waals surface area (Å²) >= 11 is 6.16. The molecule has 3 aromatic carbocycles. The minimum absolute atomic E-state index is 0.193. The highest BCUT2D eigenvalue weighted by Crippen LogP contribution is 2.37. The van der Waals surface area contributed by atoms with Crippen molar-refractivity contribution in [1.29, 1.82) is 0 Å². The van der Waals surface area contributed by atoms with Crippen molar-refractivity contribution in [2.75, 3.05) is 5.32 Å². The summed E-state index contributed by atoms with van der Waals surface area (Å²) in [6.45, 7) is 0. The van der Waals surface area contributed by atoms with Gasteiger partial charge in [-0.05, 0) is 35.9 Å². The van der Waals surface area contributed by atoms with Gasteiger partial charge in [0.25, 0.3) is 0 Å². The van der Waals surface area contributed by atoms with Gasteiger partial charge in [-0.3, -0.25) is 0 Å². The molecule has 0 radical (unpaired) electrons. The van der Waals surface area contributed by atoms with E-state index < -0.39 is 0 Å². The van der Waals surface area contributed by atoms with Gasteiger partial charge in [0, 0.05) is 28.0 Å². The van der Waals surface area contributed by atoms with Crippen LogP contribution >= 0.6 is 11.6 Å². The molecule has 7 heteroatoms.